The highest BCUT2D eigenvalue weighted by molar-refractivity contribution is 5.95. The zero-order valence-corrected chi connectivity index (χ0v) is 12.7. The van der Waals surface area contributed by atoms with Gasteiger partial charge in [-0.05, 0) is 32.9 Å². The fraction of sp³-hybridized carbons (Fsp3) is 0.562. The number of nitrogens with one attached hydrogen (secondary N) is 1. The normalized spacial score (nSPS) is 20.1. The summed E-state index contributed by atoms with van der Waals surface area (Å²) in [5.41, 5.74) is 0.982. The molecule has 1 amide bonds. The molecule has 0 aliphatic carbocycles. The number of carbonyl (C=O) groups excluding carboxylic acids is 1. The van der Waals surface area contributed by atoms with E-state index < -0.39 is 0 Å². The average molecular weight is 275 g/mol. The van der Waals surface area contributed by atoms with Crippen LogP contribution in [0.5, 0.6) is 0 Å². The maximum Gasteiger partial charge on any atom is 0.241 e. The molecule has 20 heavy (non-hydrogen) atoms. The standard InChI is InChI=1S/C16H25N3O/c1-13(2)19(15-7-5-4-6-8-15)16(20)12-18-10-9-17-11-14(18)3/h4-8,13-14,17H,9-12H2,1-3H3/t14-/m0/s1. The van der Waals surface area contributed by atoms with Crippen molar-refractivity contribution in [3.8, 4) is 0 Å². The molecular formula is C16H25N3O. The van der Waals surface area contributed by atoms with Crippen molar-refractivity contribution >= 4 is 11.6 Å². The van der Waals surface area contributed by atoms with Crippen LogP contribution in [0.15, 0.2) is 30.3 Å². The van der Waals surface area contributed by atoms with Crippen molar-refractivity contribution in [2.24, 2.45) is 0 Å². The Hall–Kier alpha value is -1.39. The van der Waals surface area contributed by atoms with E-state index in [1.807, 2.05) is 35.2 Å². The van der Waals surface area contributed by atoms with Gasteiger partial charge in [0.1, 0.15) is 0 Å². The van der Waals surface area contributed by atoms with Gasteiger partial charge in [0.15, 0.2) is 0 Å². The van der Waals surface area contributed by atoms with E-state index in [9.17, 15) is 4.79 Å². The Labute approximate surface area is 121 Å². The summed E-state index contributed by atoms with van der Waals surface area (Å²) in [6, 6.07) is 10.5. The molecule has 4 heteroatoms. The Morgan fingerprint density at radius 3 is 2.70 bits per heavy atom. The van der Waals surface area contributed by atoms with Crippen molar-refractivity contribution in [2.75, 3.05) is 31.1 Å². The number of anilines is 1. The van der Waals surface area contributed by atoms with Crippen molar-refractivity contribution in [3.05, 3.63) is 30.3 Å². The number of nitrogens with zero attached hydrogens (tertiary/aromatic N) is 2. The number of para-hydroxylation sites is 1. The number of amides is 1. The molecule has 1 heterocycles. The SMILES string of the molecule is CC(C)N(C(=O)CN1CCNC[C@@H]1C)c1ccccc1. The molecule has 1 aliphatic rings. The van der Waals surface area contributed by atoms with E-state index in [0.717, 1.165) is 25.3 Å². The highest BCUT2D eigenvalue weighted by Gasteiger charge is 2.25. The molecule has 1 fully saturated rings. The van der Waals surface area contributed by atoms with Gasteiger partial charge < -0.3 is 10.2 Å². The number of piperazine rings is 1. The fourth-order valence-corrected chi connectivity index (χ4v) is 2.69. The third-order valence-electron chi connectivity index (χ3n) is 3.80. The quantitative estimate of drug-likeness (QED) is 0.909. The third-order valence-corrected chi connectivity index (χ3v) is 3.80. The summed E-state index contributed by atoms with van der Waals surface area (Å²) in [5, 5.41) is 3.35. The molecule has 1 atom stereocenters. The monoisotopic (exact) mass is 275 g/mol. The first-order chi connectivity index (χ1) is 9.59. The second-order valence-electron chi connectivity index (χ2n) is 5.72. The van der Waals surface area contributed by atoms with Crippen molar-refractivity contribution in [1.29, 1.82) is 0 Å². The topological polar surface area (TPSA) is 35.6 Å². The van der Waals surface area contributed by atoms with E-state index in [1.165, 1.54) is 0 Å². The zero-order valence-electron chi connectivity index (χ0n) is 12.7. The lowest BCUT2D eigenvalue weighted by Crippen LogP contribution is -2.54. The molecule has 4 nitrogen and oxygen atoms in total. The van der Waals surface area contributed by atoms with Gasteiger partial charge in [-0.15, -0.1) is 0 Å². The molecule has 0 radical (unpaired) electrons. The van der Waals surface area contributed by atoms with Crippen molar-refractivity contribution < 1.29 is 4.79 Å². The van der Waals surface area contributed by atoms with Gasteiger partial charge in [0.05, 0.1) is 6.54 Å². The Morgan fingerprint density at radius 1 is 1.40 bits per heavy atom. The van der Waals surface area contributed by atoms with Crippen molar-refractivity contribution in [2.45, 2.75) is 32.9 Å². The highest BCUT2D eigenvalue weighted by Crippen LogP contribution is 2.17. The van der Waals surface area contributed by atoms with E-state index in [-0.39, 0.29) is 11.9 Å². The Balaban J connectivity index is 2.08. The summed E-state index contributed by atoms with van der Waals surface area (Å²) in [5.74, 6) is 0.181. The highest BCUT2D eigenvalue weighted by atomic mass is 16.2. The Bertz CT molecular complexity index is 433. The summed E-state index contributed by atoms with van der Waals surface area (Å²) < 4.78 is 0. The molecule has 1 saturated heterocycles. The summed E-state index contributed by atoms with van der Waals surface area (Å²) in [7, 11) is 0. The van der Waals surface area contributed by atoms with Gasteiger partial charge >= 0.3 is 0 Å². The van der Waals surface area contributed by atoms with Gasteiger partial charge in [-0.1, -0.05) is 18.2 Å². The number of rotatable bonds is 4. The minimum absolute atomic E-state index is 0.170. The molecule has 1 N–H and O–H groups in total. The first-order valence-electron chi connectivity index (χ1n) is 7.41. The molecule has 0 spiro atoms. The molecule has 0 unspecified atom stereocenters. The average Bonchev–Trinajstić information content (AvgIpc) is 2.42. The summed E-state index contributed by atoms with van der Waals surface area (Å²) in [6.45, 7) is 9.65. The van der Waals surface area contributed by atoms with Crippen molar-refractivity contribution in [3.63, 3.8) is 0 Å². The summed E-state index contributed by atoms with van der Waals surface area (Å²) >= 11 is 0. The van der Waals surface area contributed by atoms with Gasteiger partial charge in [-0.25, -0.2) is 0 Å². The van der Waals surface area contributed by atoms with Crippen LogP contribution in [0.25, 0.3) is 0 Å². The van der Waals surface area contributed by atoms with Crippen LogP contribution in [-0.2, 0) is 4.79 Å². The van der Waals surface area contributed by atoms with Crippen LogP contribution in [0, 0.1) is 0 Å². The van der Waals surface area contributed by atoms with Gasteiger partial charge in [-0.3, -0.25) is 9.69 Å². The molecule has 1 aliphatic heterocycles. The lowest BCUT2D eigenvalue weighted by Gasteiger charge is -2.36. The second kappa shape index (κ2) is 6.86. The minimum atomic E-state index is 0.170. The number of benzene rings is 1. The maximum atomic E-state index is 12.7. The van der Waals surface area contributed by atoms with E-state index in [2.05, 4.69) is 31.0 Å². The lowest BCUT2D eigenvalue weighted by atomic mass is 10.2. The first kappa shape index (κ1) is 15.0. The largest absolute Gasteiger partial charge is 0.314 e. The predicted molar refractivity (Wildman–Crippen MR) is 83.0 cm³/mol. The van der Waals surface area contributed by atoms with Crippen LogP contribution in [0.2, 0.25) is 0 Å². The van der Waals surface area contributed by atoms with Gasteiger partial charge in [0.2, 0.25) is 5.91 Å². The summed E-state index contributed by atoms with van der Waals surface area (Å²) in [4.78, 5) is 16.8. The van der Waals surface area contributed by atoms with E-state index >= 15 is 0 Å². The van der Waals surface area contributed by atoms with Gasteiger partial charge in [0, 0.05) is 37.4 Å². The van der Waals surface area contributed by atoms with Gasteiger partial charge in [-0.2, -0.15) is 0 Å². The number of carbonyl (C=O) groups is 1. The molecule has 2 rings (SSSR count). The Kier molecular flexibility index (Phi) is 5.15. The van der Waals surface area contributed by atoms with E-state index in [1.54, 1.807) is 0 Å². The molecule has 0 bridgehead atoms. The van der Waals surface area contributed by atoms with E-state index in [0.29, 0.717) is 12.6 Å². The first-order valence-corrected chi connectivity index (χ1v) is 7.41. The van der Waals surface area contributed by atoms with Crippen LogP contribution in [0.3, 0.4) is 0 Å². The zero-order chi connectivity index (χ0) is 14.5. The van der Waals surface area contributed by atoms with Crippen LogP contribution in [0.4, 0.5) is 5.69 Å². The number of hydrogen-bond donors (Lipinski definition) is 1. The molecular weight excluding hydrogens is 250 g/mol. The molecule has 1 aromatic rings. The van der Waals surface area contributed by atoms with Gasteiger partial charge in [0.25, 0.3) is 0 Å². The van der Waals surface area contributed by atoms with Crippen LogP contribution in [0.1, 0.15) is 20.8 Å². The Morgan fingerprint density at radius 2 is 2.10 bits per heavy atom. The smallest absolute Gasteiger partial charge is 0.241 e. The molecule has 0 aromatic heterocycles. The van der Waals surface area contributed by atoms with Crippen LogP contribution >= 0.6 is 0 Å². The van der Waals surface area contributed by atoms with Crippen LogP contribution < -0.4 is 10.2 Å². The predicted octanol–water partition coefficient (Wildman–Crippen LogP) is 1.72. The van der Waals surface area contributed by atoms with Crippen LogP contribution in [-0.4, -0.2) is 49.1 Å². The minimum Gasteiger partial charge on any atom is -0.314 e. The third kappa shape index (κ3) is 3.58. The second-order valence-corrected chi connectivity index (χ2v) is 5.72. The molecule has 0 saturated carbocycles. The number of hydrogen-bond acceptors (Lipinski definition) is 3. The molecule has 110 valence electrons. The molecule has 1 aromatic carbocycles. The maximum absolute atomic E-state index is 12.7. The lowest BCUT2D eigenvalue weighted by molar-refractivity contribution is -0.120. The summed E-state index contributed by atoms with van der Waals surface area (Å²) in [6.07, 6.45) is 0. The van der Waals surface area contributed by atoms with Crippen molar-refractivity contribution in [1.82, 2.24) is 10.2 Å². The fourth-order valence-electron chi connectivity index (χ4n) is 2.69. The van der Waals surface area contributed by atoms with E-state index in [4.69, 9.17) is 0 Å².